The minimum absolute atomic E-state index is 0.0224. The Morgan fingerprint density at radius 1 is 1.29 bits per heavy atom. The summed E-state index contributed by atoms with van der Waals surface area (Å²) in [5.74, 6) is -1.73. The molecule has 1 aromatic heterocycles. The molecule has 0 saturated carbocycles. The number of methoxy groups -OCH3 is 1. The molecular formula is C13H11FN2O4S. The number of carbonyl (C=O) groups is 1. The molecule has 0 aliphatic carbocycles. The van der Waals surface area contributed by atoms with E-state index in [9.17, 15) is 17.6 Å². The summed E-state index contributed by atoms with van der Waals surface area (Å²) in [4.78, 5) is 15.0. The molecule has 2 rings (SSSR count). The molecule has 0 fully saturated rings. The van der Waals surface area contributed by atoms with E-state index in [1.165, 1.54) is 24.4 Å². The average Bonchev–Trinajstić information content (AvgIpc) is 2.47. The maximum atomic E-state index is 13.7. The van der Waals surface area contributed by atoms with Crippen LogP contribution in [0.15, 0.2) is 47.6 Å². The Hall–Kier alpha value is -2.48. The van der Waals surface area contributed by atoms with Gasteiger partial charge in [0, 0.05) is 6.20 Å². The zero-order chi connectivity index (χ0) is 15.5. The summed E-state index contributed by atoms with van der Waals surface area (Å²) in [7, 11) is -2.79. The van der Waals surface area contributed by atoms with Crippen molar-refractivity contribution in [2.45, 2.75) is 5.03 Å². The first-order valence-electron chi connectivity index (χ1n) is 5.76. The van der Waals surface area contributed by atoms with Crippen molar-refractivity contribution in [1.82, 2.24) is 4.98 Å². The van der Waals surface area contributed by atoms with E-state index >= 15 is 0 Å². The number of nitrogens with one attached hydrogen (secondary N) is 1. The molecule has 0 aliphatic rings. The third-order valence-corrected chi connectivity index (χ3v) is 3.84. The number of halogens is 1. The van der Waals surface area contributed by atoms with Gasteiger partial charge in [0.1, 0.15) is 5.82 Å². The second-order valence-electron chi connectivity index (χ2n) is 3.96. The number of nitrogens with zero attached hydrogens (tertiary/aromatic N) is 1. The van der Waals surface area contributed by atoms with Crippen molar-refractivity contribution in [2.24, 2.45) is 0 Å². The van der Waals surface area contributed by atoms with Gasteiger partial charge in [-0.3, -0.25) is 4.72 Å². The van der Waals surface area contributed by atoms with Crippen LogP contribution in [0.2, 0.25) is 0 Å². The van der Waals surface area contributed by atoms with Crippen LogP contribution >= 0.6 is 0 Å². The van der Waals surface area contributed by atoms with Crippen molar-refractivity contribution in [1.29, 1.82) is 0 Å². The fourth-order valence-electron chi connectivity index (χ4n) is 1.57. The molecule has 8 heteroatoms. The minimum Gasteiger partial charge on any atom is -0.465 e. The SMILES string of the molecule is COC(=O)c1ccc(NS(=O)(=O)c2ccccn2)cc1F. The lowest BCUT2D eigenvalue weighted by Gasteiger charge is -2.08. The van der Waals surface area contributed by atoms with Crippen molar-refractivity contribution < 1.29 is 22.3 Å². The Balaban J connectivity index is 2.29. The maximum Gasteiger partial charge on any atom is 0.340 e. The second-order valence-corrected chi connectivity index (χ2v) is 5.59. The number of anilines is 1. The number of hydrogen-bond donors (Lipinski definition) is 1. The number of pyridine rings is 1. The van der Waals surface area contributed by atoms with Crippen molar-refractivity contribution in [3.8, 4) is 0 Å². The van der Waals surface area contributed by atoms with E-state index in [0.717, 1.165) is 19.2 Å². The predicted molar refractivity (Wildman–Crippen MR) is 72.8 cm³/mol. The second kappa shape index (κ2) is 5.88. The minimum atomic E-state index is -3.91. The van der Waals surface area contributed by atoms with Gasteiger partial charge in [0.05, 0.1) is 18.4 Å². The van der Waals surface area contributed by atoms with Gasteiger partial charge in [-0.25, -0.2) is 14.2 Å². The largest absolute Gasteiger partial charge is 0.465 e. The molecule has 6 nitrogen and oxygen atoms in total. The van der Waals surface area contributed by atoms with Crippen LogP contribution in [0, 0.1) is 5.82 Å². The Morgan fingerprint density at radius 2 is 2.05 bits per heavy atom. The lowest BCUT2D eigenvalue weighted by molar-refractivity contribution is 0.0595. The molecule has 0 spiro atoms. The first-order valence-corrected chi connectivity index (χ1v) is 7.24. The van der Waals surface area contributed by atoms with Crippen molar-refractivity contribution in [3.05, 3.63) is 54.0 Å². The van der Waals surface area contributed by atoms with Gasteiger partial charge in [-0.15, -0.1) is 0 Å². The third kappa shape index (κ3) is 3.34. The molecule has 0 bridgehead atoms. The van der Waals surface area contributed by atoms with E-state index in [4.69, 9.17) is 0 Å². The van der Waals surface area contributed by atoms with Crippen LogP contribution in [0.25, 0.3) is 0 Å². The third-order valence-electron chi connectivity index (χ3n) is 2.54. The number of ether oxygens (including phenoxy) is 1. The molecule has 110 valence electrons. The van der Waals surface area contributed by atoms with Gasteiger partial charge >= 0.3 is 5.97 Å². The fraction of sp³-hybridized carbons (Fsp3) is 0.0769. The molecule has 0 amide bonds. The van der Waals surface area contributed by atoms with Crippen LogP contribution in [0.5, 0.6) is 0 Å². The molecule has 0 aliphatic heterocycles. The Labute approximate surface area is 120 Å². The van der Waals surface area contributed by atoms with Gasteiger partial charge in [-0.2, -0.15) is 8.42 Å². The zero-order valence-electron chi connectivity index (χ0n) is 10.9. The maximum absolute atomic E-state index is 13.7. The molecule has 21 heavy (non-hydrogen) atoms. The van der Waals surface area contributed by atoms with E-state index in [1.54, 1.807) is 6.07 Å². The number of aromatic nitrogens is 1. The highest BCUT2D eigenvalue weighted by molar-refractivity contribution is 7.92. The predicted octanol–water partition coefficient (Wildman–Crippen LogP) is 1.81. The zero-order valence-corrected chi connectivity index (χ0v) is 11.7. The van der Waals surface area contributed by atoms with Gasteiger partial charge in [0.15, 0.2) is 5.03 Å². The van der Waals surface area contributed by atoms with Crippen LogP contribution in [0.3, 0.4) is 0 Å². The highest BCUT2D eigenvalue weighted by Crippen LogP contribution is 2.18. The van der Waals surface area contributed by atoms with Gasteiger partial charge in [-0.1, -0.05) is 6.07 Å². The standard InChI is InChI=1S/C13H11FN2O4S/c1-20-13(17)10-6-5-9(8-11(10)14)16-21(18,19)12-4-2-3-7-15-12/h2-8,16H,1H3. The van der Waals surface area contributed by atoms with Crippen LogP contribution in [-0.2, 0) is 14.8 Å². The van der Waals surface area contributed by atoms with E-state index in [0.29, 0.717) is 0 Å². The average molecular weight is 310 g/mol. The van der Waals surface area contributed by atoms with E-state index in [-0.39, 0.29) is 16.3 Å². The monoisotopic (exact) mass is 310 g/mol. The number of rotatable bonds is 4. The van der Waals surface area contributed by atoms with Crippen molar-refractivity contribution in [2.75, 3.05) is 11.8 Å². The van der Waals surface area contributed by atoms with Crippen molar-refractivity contribution in [3.63, 3.8) is 0 Å². The topological polar surface area (TPSA) is 85.4 Å². The van der Waals surface area contributed by atoms with Gasteiger partial charge in [0.2, 0.25) is 0 Å². The smallest absolute Gasteiger partial charge is 0.340 e. The number of carbonyl (C=O) groups excluding carboxylic acids is 1. The first-order chi connectivity index (χ1) is 9.94. The van der Waals surface area contributed by atoms with E-state index in [1.807, 2.05) is 0 Å². The van der Waals surface area contributed by atoms with Crippen LogP contribution in [0.1, 0.15) is 10.4 Å². The summed E-state index contributed by atoms with van der Waals surface area (Å²) in [6, 6.07) is 7.69. The number of hydrogen-bond acceptors (Lipinski definition) is 5. The Kier molecular flexibility index (Phi) is 4.18. The van der Waals surface area contributed by atoms with Crippen LogP contribution in [-0.4, -0.2) is 26.5 Å². The molecule has 0 atom stereocenters. The quantitative estimate of drug-likeness (QED) is 0.870. The lowest BCUT2D eigenvalue weighted by atomic mass is 10.2. The summed E-state index contributed by atoms with van der Waals surface area (Å²) in [6.45, 7) is 0. The summed E-state index contributed by atoms with van der Waals surface area (Å²) in [6.07, 6.45) is 1.33. The molecule has 0 radical (unpaired) electrons. The Morgan fingerprint density at radius 3 is 2.62 bits per heavy atom. The van der Waals surface area contributed by atoms with Gasteiger partial charge < -0.3 is 4.74 Å². The molecule has 1 heterocycles. The van der Waals surface area contributed by atoms with Gasteiger partial charge in [-0.05, 0) is 30.3 Å². The summed E-state index contributed by atoms with van der Waals surface area (Å²) >= 11 is 0. The van der Waals surface area contributed by atoms with Crippen LogP contribution < -0.4 is 4.72 Å². The molecule has 1 aromatic carbocycles. The van der Waals surface area contributed by atoms with Crippen LogP contribution in [0.4, 0.5) is 10.1 Å². The number of esters is 1. The molecule has 1 N–H and O–H groups in total. The van der Waals surface area contributed by atoms with E-state index in [2.05, 4.69) is 14.4 Å². The summed E-state index contributed by atoms with van der Waals surface area (Å²) in [5.41, 5.74) is -0.302. The molecular weight excluding hydrogens is 299 g/mol. The normalized spacial score (nSPS) is 11.0. The number of benzene rings is 1. The molecule has 0 saturated heterocycles. The fourth-order valence-corrected chi connectivity index (χ4v) is 2.57. The lowest BCUT2D eigenvalue weighted by Crippen LogP contribution is -2.15. The van der Waals surface area contributed by atoms with Crippen molar-refractivity contribution >= 4 is 21.7 Å². The highest BCUT2D eigenvalue weighted by atomic mass is 32.2. The number of sulfonamides is 1. The molecule has 2 aromatic rings. The highest BCUT2D eigenvalue weighted by Gasteiger charge is 2.17. The molecule has 0 unspecified atom stereocenters. The van der Waals surface area contributed by atoms with E-state index < -0.39 is 21.8 Å². The van der Waals surface area contributed by atoms with Gasteiger partial charge in [0.25, 0.3) is 10.0 Å². The Bertz CT molecular complexity index is 763. The summed E-state index contributed by atoms with van der Waals surface area (Å²) in [5, 5.41) is -0.192. The summed E-state index contributed by atoms with van der Waals surface area (Å²) < 4.78 is 44.3. The first kappa shape index (κ1) is 14.9.